The summed E-state index contributed by atoms with van der Waals surface area (Å²) in [5.74, 6) is -0.421. The Morgan fingerprint density at radius 2 is 1.87 bits per heavy atom. The molecule has 1 aliphatic heterocycles. The number of carbonyl (C=O) groups is 1. The highest BCUT2D eigenvalue weighted by atomic mass is 79.9. The molecule has 23 heavy (non-hydrogen) atoms. The molecule has 5 nitrogen and oxygen atoms in total. The van der Waals surface area contributed by atoms with Gasteiger partial charge in [0, 0.05) is 25.3 Å². The molecule has 2 N–H and O–H groups in total. The van der Waals surface area contributed by atoms with Crippen LogP contribution in [-0.2, 0) is 0 Å². The molecule has 1 aromatic heterocycles. The zero-order chi connectivity index (χ0) is 15.7. The van der Waals surface area contributed by atoms with Gasteiger partial charge in [0.15, 0.2) is 5.69 Å². The Hall–Kier alpha value is -1.44. The minimum atomic E-state index is -0.309. The van der Waals surface area contributed by atoms with Crippen molar-refractivity contribution in [3.05, 3.63) is 46.4 Å². The second-order valence-electron chi connectivity index (χ2n) is 5.38. The van der Waals surface area contributed by atoms with Crippen molar-refractivity contribution < 1.29 is 9.18 Å². The zero-order valence-corrected chi connectivity index (χ0v) is 14.7. The molecule has 0 unspecified atom stereocenters. The molecule has 1 amide bonds. The average Bonchev–Trinajstić information content (AvgIpc) is 2.90. The molecule has 0 saturated carbocycles. The number of likely N-dealkylation sites (tertiary alicyclic amines) is 1. The number of piperidine rings is 1. The summed E-state index contributed by atoms with van der Waals surface area (Å²) in [5, 5.41) is 4.33. The molecule has 0 radical (unpaired) electrons. The Bertz CT molecular complexity index is 683. The predicted molar refractivity (Wildman–Crippen MR) is 91.6 cm³/mol. The maximum absolute atomic E-state index is 13.0. The number of benzene rings is 1. The number of rotatable bonds is 2. The number of amides is 1. The van der Waals surface area contributed by atoms with Gasteiger partial charge in [0.05, 0.1) is 10.2 Å². The molecule has 0 spiro atoms. The molecule has 0 atom stereocenters. The number of hydrogen-bond donors (Lipinski definition) is 1. The van der Waals surface area contributed by atoms with Crippen molar-refractivity contribution in [1.82, 2.24) is 14.7 Å². The van der Waals surface area contributed by atoms with Gasteiger partial charge in [0.25, 0.3) is 5.91 Å². The number of nitrogens with two attached hydrogens (primary N) is 1. The van der Waals surface area contributed by atoms with E-state index in [1.807, 2.05) is 0 Å². The smallest absolute Gasteiger partial charge is 0.275 e. The van der Waals surface area contributed by atoms with Crippen LogP contribution in [0.2, 0.25) is 0 Å². The Balaban J connectivity index is 0.00000192. The third-order valence-electron chi connectivity index (χ3n) is 3.79. The van der Waals surface area contributed by atoms with Gasteiger partial charge in [-0.1, -0.05) is 0 Å². The number of halogens is 3. The van der Waals surface area contributed by atoms with Crippen molar-refractivity contribution in [2.75, 3.05) is 13.1 Å². The molecule has 2 aromatic rings. The fourth-order valence-electron chi connectivity index (χ4n) is 2.48. The lowest BCUT2D eigenvalue weighted by molar-refractivity contribution is 0.0707. The molecule has 0 aliphatic carbocycles. The lowest BCUT2D eigenvalue weighted by atomic mass is 10.1. The summed E-state index contributed by atoms with van der Waals surface area (Å²) in [5.41, 5.74) is 6.92. The molecule has 0 bridgehead atoms. The topological polar surface area (TPSA) is 64.2 Å². The van der Waals surface area contributed by atoms with Crippen LogP contribution in [0.4, 0.5) is 4.39 Å². The zero-order valence-electron chi connectivity index (χ0n) is 12.3. The monoisotopic (exact) mass is 402 g/mol. The van der Waals surface area contributed by atoms with Gasteiger partial charge >= 0.3 is 0 Å². The van der Waals surface area contributed by atoms with Crippen LogP contribution in [0.25, 0.3) is 5.69 Å². The van der Waals surface area contributed by atoms with Crippen LogP contribution in [0.1, 0.15) is 23.3 Å². The van der Waals surface area contributed by atoms with E-state index in [2.05, 4.69) is 21.0 Å². The first kappa shape index (κ1) is 17.9. The van der Waals surface area contributed by atoms with Crippen LogP contribution in [0.5, 0.6) is 0 Å². The SMILES string of the molecule is Cl.NC1CCN(C(=O)c2nn(-c3ccc(F)cc3)cc2Br)CC1. The first-order chi connectivity index (χ1) is 10.5. The van der Waals surface area contributed by atoms with E-state index in [-0.39, 0.29) is 30.2 Å². The van der Waals surface area contributed by atoms with E-state index in [9.17, 15) is 9.18 Å². The van der Waals surface area contributed by atoms with Gasteiger partial charge in [-0.2, -0.15) is 5.10 Å². The maximum atomic E-state index is 13.0. The molecule has 3 rings (SSSR count). The summed E-state index contributed by atoms with van der Waals surface area (Å²) in [6, 6.07) is 6.12. The van der Waals surface area contributed by atoms with Crippen LogP contribution in [-0.4, -0.2) is 39.7 Å². The minimum Gasteiger partial charge on any atom is -0.337 e. The van der Waals surface area contributed by atoms with E-state index in [1.54, 1.807) is 27.9 Å². The van der Waals surface area contributed by atoms with Gasteiger partial charge in [-0.25, -0.2) is 9.07 Å². The normalized spacial score (nSPS) is 15.3. The minimum absolute atomic E-state index is 0. The van der Waals surface area contributed by atoms with E-state index in [0.717, 1.165) is 12.8 Å². The molecular formula is C15H17BrClFN4O. The Morgan fingerprint density at radius 1 is 1.26 bits per heavy atom. The summed E-state index contributed by atoms with van der Waals surface area (Å²) < 4.78 is 15.2. The van der Waals surface area contributed by atoms with Crippen LogP contribution in [0, 0.1) is 5.82 Å². The molecule has 1 fully saturated rings. The number of hydrogen-bond acceptors (Lipinski definition) is 3. The lowest BCUT2D eigenvalue weighted by Gasteiger charge is -2.29. The van der Waals surface area contributed by atoms with Crippen molar-refractivity contribution in [2.45, 2.75) is 18.9 Å². The highest BCUT2D eigenvalue weighted by Crippen LogP contribution is 2.21. The summed E-state index contributed by atoms with van der Waals surface area (Å²) in [6.07, 6.45) is 3.32. The molecular weight excluding hydrogens is 387 g/mol. The lowest BCUT2D eigenvalue weighted by Crippen LogP contribution is -2.43. The van der Waals surface area contributed by atoms with Gasteiger partial charge in [-0.05, 0) is 53.0 Å². The number of carbonyl (C=O) groups excluding carboxylic acids is 1. The van der Waals surface area contributed by atoms with Gasteiger partial charge < -0.3 is 10.6 Å². The maximum Gasteiger partial charge on any atom is 0.275 e. The molecule has 2 heterocycles. The van der Waals surface area contributed by atoms with Crippen molar-refractivity contribution in [3.63, 3.8) is 0 Å². The molecule has 1 aliphatic rings. The Morgan fingerprint density at radius 3 is 2.48 bits per heavy atom. The standard InChI is InChI=1S/C15H16BrFN4O.ClH/c16-13-9-21(12-3-1-10(17)2-4-12)19-14(13)15(22)20-7-5-11(18)6-8-20;/h1-4,9,11H,5-8,18H2;1H. The highest BCUT2D eigenvalue weighted by molar-refractivity contribution is 9.10. The Labute approximate surface area is 148 Å². The van der Waals surface area contributed by atoms with Crippen LogP contribution in [0.15, 0.2) is 34.9 Å². The summed E-state index contributed by atoms with van der Waals surface area (Å²) >= 11 is 3.38. The van der Waals surface area contributed by atoms with Crippen LogP contribution in [0.3, 0.4) is 0 Å². The summed E-state index contributed by atoms with van der Waals surface area (Å²) in [4.78, 5) is 14.3. The second-order valence-corrected chi connectivity index (χ2v) is 6.23. The Kier molecular flexibility index (Phi) is 5.78. The van der Waals surface area contributed by atoms with Crippen molar-refractivity contribution in [3.8, 4) is 5.69 Å². The largest absolute Gasteiger partial charge is 0.337 e. The van der Waals surface area contributed by atoms with E-state index >= 15 is 0 Å². The van der Waals surface area contributed by atoms with Crippen molar-refractivity contribution >= 4 is 34.2 Å². The van der Waals surface area contributed by atoms with Gasteiger partial charge in [-0.15, -0.1) is 12.4 Å². The van der Waals surface area contributed by atoms with E-state index in [0.29, 0.717) is 28.9 Å². The van der Waals surface area contributed by atoms with E-state index in [4.69, 9.17) is 5.73 Å². The predicted octanol–water partition coefficient (Wildman–Crippen LogP) is 2.76. The molecule has 124 valence electrons. The quantitative estimate of drug-likeness (QED) is 0.838. The highest BCUT2D eigenvalue weighted by Gasteiger charge is 2.25. The number of nitrogens with zero attached hydrogens (tertiary/aromatic N) is 3. The average molecular weight is 404 g/mol. The summed E-state index contributed by atoms with van der Waals surface area (Å²) in [7, 11) is 0. The van der Waals surface area contributed by atoms with E-state index in [1.165, 1.54) is 12.1 Å². The molecule has 8 heteroatoms. The fourth-order valence-corrected chi connectivity index (χ4v) is 2.92. The van der Waals surface area contributed by atoms with E-state index < -0.39 is 0 Å². The van der Waals surface area contributed by atoms with Gasteiger partial charge in [0.1, 0.15) is 5.82 Å². The third-order valence-corrected chi connectivity index (χ3v) is 4.37. The summed E-state index contributed by atoms with van der Waals surface area (Å²) in [6.45, 7) is 1.30. The molecule has 1 saturated heterocycles. The number of aromatic nitrogens is 2. The second kappa shape index (κ2) is 7.42. The van der Waals surface area contributed by atoms with Gasteiger partial charge in [0.2, 0.25) is 0 Å². The van der Waals surface area contributed by atoms with Crippen molar-refractivity contribution in [2.24, 2.45) is 5.73 Å². The van der Waals surface area contributed by atoms with Crippen LogP contribution < -0.4 is 5.73 Å². The molecule has 1 aromatic carbocycles. The van der Waals surface area contributed by atoms with Crippen molar-refractivity contribution in [1.29, 1.82) is 0 Å². The third kappa shape index (κ3) is 3.91. The van der Waals surface area contributed by atoms with Gasteiger partial charge in [-0.3, -0.25) is 4.79 Å². The first-order valence-electron chi connectivity index (χ1n) is 7.10. The first-order valence-corrected chi connectivity index (χ1v) is 7.90. The van der Waals surface area contributed by atoms with Crippen LogP contribution >= 0.6 is 28.3 Å². The fraction of sp³-hybridized carbons (Fsp3) is 0.333.